The van der Waals surface area contributed by atoms with Crippen LogP contribution in [0.3, 0.4) is 0 Å². The Balaban J connectivity index is 1.64. The Hall–Kier alpha value is -3.09. The monoisotopic (exact) mass is 326 g/mol. The summed E-state index contributed by atoms with van der Waals surface area (Å²) in [6.45, 7) is 2.09. The summed E-state index contributed by atoms with van der Waals surface area (Å²) in [6, 6.07) is 10.8. The summed E-state index contributed by atoms with van der Waals surface area (Å²) in [5.74, 6) is -0.478. The molecule has 0 bridgehead atoms. The number of amides is 1. The van der Waals surface area contributed by atoms with Gasteiger partial charge in [-0.1, -0.05) is 42.4 Å². The lowest BCUT2D eigenvalue weighted by Crippen LogP contribution is -2.28. The first-order chi connectivity index (χ1) is 11.6. The number of nitrogens with one attached hydrogen (secondary N) is 1. The fraction of sp³-hybridized carbons (Fsp3) is 0.176. The number of nitrogens with zero attached hydrogens (tertiary/aromatic N) is 3. The molecular formula is C17H15FN4O2. The van der Waals surface area contributed by atoms with Crippen molar-refractivity contribution >= 4 is 5.91 Å². The highest BCUT2D eigenvalue weighted by Crippen LogP contribution is 2.19. The summed E-state index contributed by atoms with van der Waals surface area (Å²) in [4.78, 5) is 19.9. The van der Waals surface area contributed by atoms with Gasteiger partial charge in [0, 0.05) is 18.3 Å². The van der Waals surface area contributed by atoms with Gasteiger partial charge in [0.2, 0.25) is 11.7 Å². The maximum atomic E-state index is 13.5. The molecule has 0 saturated heterocycles. The minimum atomic E-state index is -0.660. The van der Waals surface area contributed by atoms with Crippen molar-refractivity contribution < 1.29 is 13.7 Å². The van der Waals surface area contributed by atoms with E-state index in [2.05, 4.69) is 20.4 Å². The lowest BCUT2D eigenvalue weighted by atomic mass is 10.1. The maximum absolute atomic E-state index is 13.5. The third-order valence-electron chi connectivity index (χ3n) is 3.48. The first-order valence-corrected chi connectivity index (χ1v) is 7.42. The molecule has 6 nitrogen and oxygen atoms in total. The van der Waals surface area contributed by atoms with Crippen LogP contribution in [0.5, 0.6) is 0 Å². The second-order valence-corrected chi connectivity index (χ2v) is 5.29. The smallest absolute Gasteiger partial charge is 0.254 e. The summed E-state index contributed by atoms with van der Waals surface area (Å²) >= 11 is 0. The summed E-state index contributed by atoms with van der Waals surface area (Å²) in [6.07, 6.45) is 2.37. The molecule has 0 saturated carbocycles. The summed E-state index contributed by atoms with van der Waals surface area (Å²) in [5, 5.41) is 6.59. The van der Waals surface area contributed by atoms with Crippen LogP contribution in [0.4, 0.5) is 4.39 Å². The summed E-state index contributed by atoms with van der Waals surface area (Å²) in [7, 11) is 0. The molecule has 0 fully saturated rings. The van der Waals surface area contributed by atoms with Crippen LogP contribution < -0.4 is 5.32 Å². The number of pyridine rings is 1. The molecule has 0 spiro atoms. The predicted octanol–water partition coefficient (Wildman–Crippen LogP) is 2.80. The van der Waals surface area contributed by atoms with Crippen molar-refractivity contribution in [2.75, 3.05) is 6.54 Å². The van der Waals surface area contributed by atoms with E-state index in [4.69, 9.17) is 4.52 Å². The van der Waals surface area contributed by atoms with Gasteiger partial charge in [-0.2, -0.15) is 4.98 Å². The highest BCUT2D eigenvalue weighted by atomic mass is 19.1. The Kier molecular flexibility index (Phi) is 4.60. The zero-order valence-electron chi connectivity index (χ0n) is 12.9. The standard InChI is InChI=1S/C17H15FN4O2/c1-11(9-20-16(23)13-7-8-19-10-14(13)18)17-21-15(22-24-17)12-5-3-2-4-6-12/h2-8,10-11H,9H2,1H3,(H,20,23). The van der Waals surface area contributed by atoms with E-state index in [0.29, 0.717) is 11.7 Å². The lowest BCUT2D eigenvalue weighted by Gasteiger charge is -2.09. The van der Waals surface area contributed by atoms with E-state index in [0.717, 1.165) is 11.8 Å². The van der Waals surface area contributed by atoms with Crippen LogP contribution >= 0.6 is 0 Å². The average molecular weight is 326 g/mol. The van der Waals surface area contributed by atoms with Crippen molar-refractivity contribution in [1.82, 2.24) is 20.4 Å². The van der Waals surface area contributed by atoms with E-state index in [9.17, 15) is 9.18 Å². The Bertz CT molecular complexity index is 835. The molecule has 24 heavy (non-hydrogen) atoms. The van der Waals surface area contributed by atoms with Gasteiger partial charge in [0.15, 0.2) is 5.82 Å². The quantitative estimate of drug-likeness (QED) is 0.780. The number of halogens is 1. The molecule has 0 radical (unpaired) electrons. The number of aromatic nitrogens is 3. The van der Waals surface area contributed by atoms with Gasteiger partial charge >= 0.3 is 0 Å². The third kappa shape index (κ3) is 3.45. The molecule has 1 aromatic carbocycles. The highest BCUT2D eigenvalue weighted by Gasteiger charge is 2.17. The van der Waals surface area contributed by atoms with Crippen LogP contribution in [-0.2, 0) is 0 Å². The van der Waals surface area contributed by atoms with Gasteiger partial charge in [0.25, 0.3) is 5.91 Å². The third-order valence-corrected chi connectivity index (χ3v) is 3.48. The van der Waals surface area contributed by atoms with Gasteiger partial charge in [-0.25, -0.2) is 4.39 Å². The van der Waals surface area contributed by atoms with Gasteiger partial charge < -0.3 is 9.84 Å². The molecule has 1 unspecified atom stereocenters. The molecule has 2 aromatic heterocycles. The van der Waals surface area contributed by atoms with Gasteiger partial charge in [-0.05, 0) is 6.07 Å². The molecular weight excluding hydrogens is 311 g/mol. The van der Waals surface area contributed by atoms with E-state index in [-0.39, 0.29) is 18.0 Å². The molecule has 1 atom stereocenters. The number of hydrogen-bond acceptors (Lipinski definition) is 5. The summed E-state index contributed by atoms with van der Waals surface area (Å²) < 4.78 is 18.8. The van der Waals surface area contributed by atoms with Gasteiger partial charge in [-0.3, -0.25) is 9.78 Å². The molecule has 0 aliphatic rings. The molecule has 0 aliphatic carbocycles. The Morgan fingerprint density at radius 1 is 1.29 bits per heavy atom. The highest BCUT2D eigenvalue weighted by molar-refractivity contribution is 5.94. The molecule has 122 valence electrons. The maximum Gasteiger partial charge on any atom is 0.254 e. The van der Waals surface area contributed by atoms with Crippen LogP contribution in [0.25, 0.3) is 11.4 Å². The van der Waals surface area contributed by atoms with E-state index in [1.165, 1.54) is 12.3 Å². The first-order valence-electron chi connectivity index (χ1n) is 7.42. The number of hydrogen-bond donors (Lipinski definition) is 1. The van der Waals surface area contributed by atoms with E-state index in [1.807, 2.05) is 37.3 Å². The number of carbonyl (C=O) groups excluding carboxylic acids is 1. The number of rotatable bonds is 5. The number of carbonyl (C=O) groups is 1. The zero-order valence-corrected chi connectivity index (χ0v) is 12.9. The topological polar surface area (TPSA) is 80.9 Å². The molecule has 1 amide bonds. The van der Waals surface area contributed by atoms with Crippen LogP contribution in [-0.4, -0.2) is 27.6 Å². The number of benzene rings is 1. The Morgan fingerprint density at radius 3 is 2.83 bits per heavy atom. The molecule has 3 aromatic rings. The lowest BCUT2D eigenvalue weighted by molar-refractivity contribution is 0.0946. The minimum absolute atomic E-state index is 0.0484. The van der Waals surface area contributed by atoms with Crippen molar-refractivity contribution in [3.05, 3.63) is 66.1 Å². The average Bonchev–Trinajstić information content (AvgIpc) is 3.11. The Labute approximate surface area is 137 Å². The van der Waals surface area contributed by atoms with Crippen molar-refractivity contribution in [2.45, 2.75) is 12.8 Å². The normalized spacial score (nSPS) is 11.9. The van der Waals surface area contributed by atoms with E-state index < -0.39 is 11.7 Å². The van der Waals surface area contributed by atoms with E-state index >= 15 is 0 Å². The summed E-state index contributed by atoms with van der Waals surface area (Å²) in [5.41, 5.74) is 0.801. The minimum Gasteiger partial charge on any atom is -0.351 e. The first kappa shape index (κ1) is 15.8. The Morgan fingerprint density at radius 2 is 2.08 bits per heavy atom. The van der Waals surface area contributed by atoms with Gasteiger partial charge in [0.1, 0.15) is 0 Å². The van der Waals surface area contributed by atoms with E-state index in [1.54, 1.807) is 0 Å². The molecule has 0 aliphatic heterocycles. The van der Waals surface area contributed by atoms with Crippen molar-refractivity contribution in [1.29, 1.82) is 0 Å². The van der Waals surface area contributed by atoms with Crippen LogP contribution in [0.2, 0.25) is 0 Å². The molecule has 2 heterocycles. The largest absolute Gasteiger partial charge is 0.351 e. The van der Waals surface area contributed by atoms with Crippen molar-refractivity contribution in [3.8, 4) is 11.4 Å². The second-order valence-electron chi connectivity index (χ2n) is 5.29. The van der Waals surface area contributed by atoms with Crippen molar-refractivity contribution in [3.63, 3.8) is 0 Å². The fourth-order valence-electron chi connectivity index (χ4n) is 2.13. The zero-order chi connectivity index (χ0) is 16.9. The van der Waals surface area contributed by atoms with Crippen LogP contribution in [0.1, 0.15) is 29.1 Å². The fourth-order valence-corrected chi connectivity index (χ4v) is 2.13. The van der Waals surface area contributed by atoms with Gasteiger partial charge in [-0.15, -0.1) is 0 Å². The van der Waals surface area contributed by atoms with Gasteiger partial charge in [0.05, 0.1) is 17.7 Å². The SMILES string of the molecule is CC(CNC(=O)c1ccncc1F)c1nc(-c2ccccc2)no1. The predicted molar refractivity (Wildman–Crippen MR) is 84.7 cm³/mol. The van der Waals surface area contributed by atoms with Crippen LogP contribution in [0.15, 0.2) is 53.3 Å². The second kappa shape index (κ2) is 6.99. The molecule has 7 heteroatoms. The molecule has 3 rings (SSSR count). The van der Waals surface area contributed by atoms with Crippen LogP contribution in [0, 0.1) is 5.82 Å². The van der Waals surface area contributed by atoms with Crippen molar-refractivity contribution in [2.24, 2.45) is 0 Å². The molecule has 1 N–H and O–H groups in total.